The van der Waals surface area contributed by atoms with Crippen LogP contribution in [0.15, 0.2) is 54.6 Å². The Bertz CT molecular complexity index is 721. The maximum atomic E-state index is 11.9. The molecule has 1 N–H and O–H groups in total. The number of hydrogen-bond acceptors (Lipinski definition) is 3. The molecule has 0 aliphatic carbocycles. The highest BCUT2D eigenvalue weighted by Gasteiger charge is 2.44. The van der Waals surface area contributed by atoms with Gasteiger partial charge in [-0.15, -0.1) is 0 Å². The van der Waals surface area contributed by atoms with E-state index >= 15 is 0 Å². The third-order valence-electron chi connectivity index (χ3n) is 5.17. The van der Waals surface area contributed by atoms with Gasteiger partial charge in [0.2, 0.25) is 0 Å². The van der Waals surface area contributed by atoms with Crippen molar-refractivity contribution in [2.24, 2.45) is 0 Å². The number of benzene rings is 2. The zero-order chi connectivity index (χ0) is 16.4. The molecule has 1 fully saturated rings. The summed E-state index contributed by atoms with van der Waals surface area (Å²) < 4.78 is 5.78. The van der Waals surface area contributed by atoms with Crippen LogP contribution in [-0.4, -0.2) is 30.6 Å². The highest BCUT2D eigenvalue weighted by Crippen LogP contribution is 2.43. The fraction of sp³-hybridized carbons (Fsp3) is 0.350. The van der Waals surface area contributed by atoms with Gasteiger partial charge in [-0.3, -0.25) is 5.32 Å². The summed E-state index contributed by atoms with van der Waals surface area (Å²) in [5.74, 6) is 0. The lowest BCUT2D eigenvalue weighted by molar-refractivity contribution is -0.0375. The molecule has 2 aromatic carbocycles. The quantitative estimate of drug-likeness (QED) is 0.935. The number of para-hydroxylation sites is 1. The van der Waals surface area contributed by atoms with Gasteiger partial charge in [0.15, 0.2) is 0 Å². The number of rotatable bonds is 3. The van der Waals surface area contributed by atoms with E-state index < -0.39 is 5.60 Å². The van der Waals surface area contributed by atoms with Crippen LogP contribution in [0.2, 0.25) is 0 Å². The summed E-state index contributed by atoms with van der Waals surface area (Å²) in [4.78, 5) is 14.4. The molecule has 0 saturated carbocycles. The van der Waals surface area contributed by atoms with E-state index in [-0.39, 0.29) is 6.09 Å². The second-order valence-electron chi connectivity index (χ2n) is 6.63. The lowest BCUT2D eigenvalue weighted by atomic mass is 9.82. The molecule has 4 nitrogen and oxygen atoms in total. The van der Waals surface area contributed by atoms with Crippen molar-refractivity contribution in [1.29, 1.82) is 0 Å². The van der Waals surface area contributed by atoms with E-state index in [9.17, 15) is 4.79 Å². The summed E-state index contributed by atoms with van der Waals surface area (Å²) in [5.41, 5.74) is 2.93. The number of hydrogen-bond donors (Lipinski definition) is 1. The highest BCUT2D eigenvalue weighted by molar-refractivity contribution is 5.88. The van der Waals surface area contributed by atoms with Crippen LogP contribution >= 0.6 is 0 Å². The molecule has 0 radical (unpaired) electrons. The number of anilines is 1. The number of ether oxygens (including phenoxy) is 1. The average Bonchev–Trinajstić information content (AvgIpc) is 2.62. The molecule has 4 rings (SSSR count). The Labute approximate surface area is 142 Å². The smallest absolute Gasteiger partial charge is 0.412 e. The van der Waals surface area contributed by atoms with Crippen LogP contribution in [0.3, 0.4) is 0 Å². The van der Waals surface area contributed by atoms with Gasteiger partial charge < -0.3 is 9.64 Å². The van der Waals surface area contributed by atoms with Crippen LogP contribution in [0.1, 0.15) is 24.0 Å². The summed E-state index contributed by atoms with van der Waals surface area (Å²) in [5, 5.41) is 2.81. The number of likely N-dealkylation sites (tertiary alicyclic amines) is 1. The van der Waals surface area contributed by atoms with Gasteiger partial charge in [0, 0.05) is 38.0 Å². The first kappa shape index (κ1) is 15.2. The SMILES string of the molecule is O=C1Nc2ccccc2C2(CCN(CCc3ccccc3)CC2)O1. The van der Waals surface area contributed by atoms with Crippen LogP contribution in [0.4, 0.5) is 10.5 Å². The van der Waals surface area contributed by atoms with Crippen molar-refractivity contribution >= 4 is 11.8 Å². The van der Waals surface area contributed by atoms with E-state index in [1.54, 1.807) is 0 Å². The summed E-state index contributed by atoms with van der Waals surface area (Å²) in [6.07, 6.45) is 2.44. The zero-order valence-corrected chi connectivity index (χ0v) is 13.7. The van der Waals surface area contributed by atoms with Gasteiger partial charge in [-0.2, -0.15) is 0 Å². The van der Waals surface area contributed by atoms with Crippen molar-refractivity contribution in [2.75, 3.05) is 25.0 Å². The summed E-state index contributed by atoms with van der Waals surface area (Å²) >= 11 is 0. The number of nitrogens with one attached hydrogen (secondary N) is 1. The predicted octanol–water partition coefficient (Wildman–Crippen LogP) is 3.78. The minimum absolute atomic E-state index is 0.327. The standard InChI is InChI=1S/C20H22N2O2/c23-19-21-18-9-5-4-8-17(18)20(24-19)11-14-22(15-12-20)13-10-16-6-2-1-3-7-16/h1-9H,10-15H2,(H,21,23). The normalized spacial score (nSPS) is 19.4. The second kappa shape index (κ2) is 6.29. The highest BCUT2D eigenvalue weighted by atomic mass is 16.6. The van der Waals surface area contributed by atoms with Crippen LogP contribution in [0, 0.1) is 0 Å². The molecule has 0 bridgehead atoms. The van der Waals surface area contributed by atoms with E-state index in [0.29, 0.717) is 0 Å². The minimum atomic E-state index is -0.456. The van der Waals surface area contributed by atoms with Gasteiger partial charge in [-0.05, 0) is 18.1 Å². The molecule has 1 amide bonds. The molecule has 0 unspecified atom stereocenters. The molecule has 1 spiro atoms. The molecule has 0 atom stereocenters. The van der Waals surface area contributed by atoms with Crippen molar-refractivity contribution in [3.63, 3.8) is 0 Å². The fourth-order valence-electron chi connectivity index (χ4n) is 3.80. The van der Waals surface area contributed by atoms with Gasteiger partial charge in [0.25, 0.3) is 0 Å². The topological polar surface area (TPSA) is 41.6 Å². The molecule has 0 aromatic heterocycles. The first-order valence-corrected chi connectivity index (χ1v) is 8.61. The lowest BCUT2D eigenvalue weighted by Crippen LogP contribution is -2.48. The minimum Gasteiger partial charge on any atom is -0.438 e. The van der Waals surface area contributed by atoms with E-state index in [1.807, 2.05) is 18.2 Å². The van der Waals surface area contributed by atoms with E-state index in [2.05, 4.69) is 46.6 Å². The Balaban J connectivity index is 1.43. The molecule has 2 heterocycles. The van der Waals surface area contributed by atoms with Crippen LogP contribution in [-0.2, 0) is 16.8 Å². The van der Waals surface area contributed by atoms with Gasteiger partial charge in [-0.1, -0.05) is 48.5 Å². The Kier molecular flexibility index (Phi) is 3.98. The Morgan fingerprint density at radius 3 is 2.50 bits per heavy atom. The number of amides is 1. The number of nitrogens with zero attached hydrogens (tertiary/aromatic N) is 1. The summed E-state index contributed by atoms with van der Waals surface area (Å²) in [6, 6.07) is 18.6. The average molecular weight is 322 g/mol. The Hall–Kier alpha value is -2.33. The van der Waals surface area contributed by atoms with Crippen molar-refractivity contribution in [2.45, 2.75) is 24.9 Å². The molecule has 124 valence electrons. The number of carbonyl (C=O) groups is 1. The Morgan fingerprint density at radius 1 is 1.00 bits per heavy atom. The van der Waals surface area contributed by atoms with E-state index in [1.165, 1.54) is 5.56 Å². The van der Waals surface area contributed by atoms with Gasteiger partial charge in [0.1, 0.15) is 5.60 Å². The molecule has 1 saturated heterocycles. The summed E-state index contributed by atoms with van der Waals surface area (Å²) in [7, 11) is 0. The van der Waals surface area contributed by atoms with Gasteiger partial charge in [0.05, 0.1) is 5.69 Å². The zero-order valence-electron chi connectivity index (χ0n) is 13.7. The monoisotopic (exact) mass is 322 g/mol. The third-order valence-corrected chi connectivity index (χ3v) is 5.17. The van der Waals surface area contributed by atoms with Crippen LogP contribution in [0.25, 0.3) is 0 Å². The molecule has 4 heteroatoms. The van der Waals surface area contributed by atoms with Gasteiger partial charge >= 0.3 is 6.09 Å². The summed E-state index contributed by atoms with van der Waals surface area (Å²) in [6.45, 7) is 2.96. The lowest BCUT2D eigenvalue weighted by Gasteiger charge is -2.44. The number of piperidine rings is 1. The molecule has 2 aliphatic rings. The largest absolute Gasteiger partial charge is 0.438 e. The van der Waals surface area contributed by atoms with Crippen molar-refractivity contribution in [1.82, 2.24) is 4.90 Å². The maximum Gasteiger partial charge on any atom is 0.412 e. The third kappa shape index (κ3) is 2.89. The maximum absolute atomic E-state index is 11.9. The van der Waals surface area contributed by atoms with Gasteiger partial charge in [-0.25, -0.2) is 4.79 Å². The molecule has 2 aromatic rings. The molecule has 24 heavy (non-hydrogen) atoms. The first-order valence-electron chi connectivity index (χ1n) is 8.61. The predicted molar refractivity (Wildman–Crippen MR) is 94.0 cm³/mol. The second-order valence-corrected chi connectivity index (χ2v) is 6.63. The van der Waals surface area contributed by atoms with Crippen molar-refractivity contribution in [3.05, 3.63) is 65.7 Å². The first-order chi connectivity index (χ1) is 11.8. The van der Waals surface area contributed by atoms with Crippen LogP contribution < -0.4 is 5.32 Å². The van der Waals surface area contributed by atoms with Crippen LogP contribution in [0.5, 0.6) is 0 Å². The fourth-order valence-corrected chi connectivity index (χ4v) is 3.80. The van der Waals surface area contributed by atoms with Crippen molar-refractivity contribution < 1.29 is 9.53 Å². The molecule has 2 aliphatic heterocycles. The van der Waals surface area contributed by atoms with E-state index in [4.69, 9.17) is 4.74 Å². The van der Waals surface area contributed by atoms with E-state index in [0.717, 1.165) is 50.1 Å². The Morgan fingerprint density at radius 2 is 1.71 bits per heavy atom. The number of fused-ring (bicyclic) bond motifs is 2. The number of carbonyl (C=O) groups excluding carboxylic acids is 1. The molecular formula is C20H22N2O2. The molecular weight excluding hydrogens is 300 g/mol. The van der Waals surface area contributed by atoms with Crippen molar-refractivity contribution in [3.8, 4) is 0 Å².